The second-order valence-electron chi connectivity index (χ2n) is 6.17. The van der Waals surface area contributed by atoms with Gasteiger partial charge in [0.25, 0.3) is 11.8 Å². The van der Waals surface area contributed by atoms with Gasteiger partial charge in [-0.3, -0.25) is 14.6 Å². The predicted octanol–water partition coefficient (Wildman–Crippen LogP) is 2.63. The molecule has 126 valence electrons. The molecule has 1 fully saturated rings. The summed E-state index contributed by atoms with van der Waals surface area (Å²) in [5.74, 6) is -1.11. The van der Waals surface area contributed by atoms with Gasteiger partial charge in [0.05, 0.1) is 12.2 Å². The SMILES string of the molecule is Cc1ccc(N2C(=O)C3N=NN(Cc4cccc(F)c4)C3C2=O)cc1. The minimum absolute atomic E-state index is 0.211. The molecule has 0 spiro atoms. The zero-order chi connectivity index (χ0) is 17.6. The second kappa shape index (κ2) is 5.77. The largest absolute Gasteiger partial charge is 0.271 e. The number of rotatable bonds is 3. The highest BCUT2D eigenvalue weighted by Crippen LogP contribution is 2.32. The molecule has 0 bridgehead atoms. The summed E-state index contributed by atoms with van der Waals surface area (Å²) in [6.45, 7) is 2.14. The highest BCUT2D eigenvalue weighted by molar-refractivity contribution is 6.25. The van der Waals surface area contributed by atoms with Crippen molar-refractivity contribution in [2.75, 3.05) is 4.90 Å². The molecule has 2 aliphatic rings. The molecule has 2 aromatic rings. The maximum Gasteiger partial charge on any atom is 0.263 e. The number of aryl methyl sites for hydroxylation is 1. The number of anilines is 1. The van der Waals surface area contributed by atoms with Crippen LogP contribution in [0.5, 0.6) is 0 Å². The van der Waals surface area contributed by atoms with Crippen molar-refractivity contribution in [3.05, 3.63) is 65.5 Å². The molecule has 6 nitrogen and oxygen atoms in total. The zero-order valence-corrected chi connectivity index (χ0v) is 13.5. The second-order valence-corrected chi connectivity index (χ2v) is 6.17. The Balaban J connectivity index is 1.60. The van der Waals surface area contributed by atoms with E-state index in [0.29, 0.717) is 11.3 Å². The number of hydrogen-bond acceptors (Lipinski definition) is 5. The number of carbonyl (C=O) groups excluding carboxylic acids is 2. The number of imide groups is 1. The fourth-order valence-electron chi connectivity index (χ4n) is 3.12. The topological polar surface area (TPSA) is 65.3 Å². The number of fused-ring (bicyclic) bond motifs is 1. The molecule has 0 aromatic heterocycles. The summed E-state index contributed by atoms with van der Waals surface area (Å²) in [5, 5.41) is 9.38. The first-order valence-corrected chi connectivity index (χ1v) is 7.91. The average Bonchev–Trinajstić information content (AvgIpc) is 3.10. The van der Waals surface area contributed by atoms with Gasteiger partial charge in [-0.1, -0.05) is 35.1 Å². The Labute approximate surface area is 143 Å². The summed E-state index contributed by atoms with van der Waals surface area (Å²) in [6, 6.07) is 11.6. The Morgan fingerprint density at radius 3 is 2.56 bits per heavy atom. The van der Waals surface area contributed by atoms with Gasteiger partial charge in [0.15, 0.2) is 12.1 Å². The van der Waals surface area contributed by atoms with Crippen molar-refractivity contribution in [3.63, 3.8) is 0 Å². The van der Waals surface area contributed by atoms with Crippen LogP contribution in [0.1, 0.15) is 11.1 Å². The van der Waals surface area contributed by atoms with Crippen LogP contribution in [-0.2, 0) is 16.1 Å². The maximum absolute atomic E-state index is 13.4. The van der Waals surface area contributed by atoms with Crippen LogP contribution in [0.4, 0.5) is 10.1 Å². The van der Waals surface area contributed by atoms with E-state index < -0.39 is 12.1 Å². The van der Waals surface area contributed by atoms with Crippen LogP contribution in [0, 0.1) is 12.7 Å². The van der Waals surface area contributed by atoms with Gasteiger partial charge in [0.2, 0.25) is 0 Å². The summed E-state index contributed by atoms with van der Waals surface area (Å²) < 4.78 is 13.4. The number of amides is 2. The van der Waals surface area contributed by atoms with E-state index in [1.54, 1.807) is 24.3 Å². The van der Waals surface area contributed by atoms with E-state index in [0.717, 1.165) is 10.5 Å². The lowest BCUT2D eigenvalue weighted by Crippen LogP contribution is -2.39. The normalized spacial score (nSPS) is 22.0. The van der Waals surface area contributed by atoms with Gasteiger partial charge in [-0.25, -0.2) is 9.29 Å². The molecule has 2 unspecified atom stereocenters. The van der Waals surface area contributed by atoms with Crippen molar-refractivity contribution >= 4 is 17.5 Å². The number of carbonyl (C=O) groups is 2. The van der Waals surface area contributed by atoms with Crippen LogP contribution in [0.2, 0.25) is 0 Å². The number of nitrogens with zero attached hydrogens (tertiary/aromatic N) is 4. The lowest BCUT2D eigenvalue weighted by molar-refractivity contribution is -0.123. The highest BCUT2D eigenvalue weighted by Gasteiger charge is 2.54. The van der Waals surface area contributed by atoms with E-state index in [1.807, 2.05) is 19.1 Å². The Bertz CT molecular complexity index is 881. The van der Waals surface area contributed by atoms with Crippen LogP contribution in [0.3, 0.4) is 0 Å². The molecular weight excluding hydrogens is 323 g/mol. The Hall–Kier alpha value is -3.09. The quantitative estimate of drug-likeness (QED) is 0.808. The fraction of sp³-hybridized carbons (Fsp3) is 0.222. The smallest absolute Gasteiger partial charge is 0.263 e. The molecule has 2 atom stereocenters. The molecule has 0 radical (unpaired) electrons. The molecule has 25 heavy (non-hydrogen) atoms. The maximum atomic E-state index is 13.4. The lowest BCUT2D eigenvalue weighted by atomic mass is 10.1. The van der Waals surface area contributed by atoms with E-state index in [4.69, 9.17) is 0 Å². The third-order valence-corrected chi connectivity index (χ3v) is 4.38. The monoisotopic (exact) mass is 338 g/mol. The molecule has 2 heterocycles. The standard InChI is InChI=1S/C18H15FN4O2/c1-11-5-7-14(8-6-11)23-17(24)15-16(18(23)25)22(21-20-15)10-12-3-2-4-13(19)9-12/h2-9,15-16H,10H2,1H3. The van der Waals surface area contributed by atoms with Gasteiger partial charge in [-0.05, 0) is 36.8 Å². The lowest BCUT2D eigenvalue weighted by Gasteiger charge is -2.20. The molecule has 2 aromatic carbocycles. The molecule has 0 aliphatic carbocycles. The Morgan fingerprint density at radius 1 is 1.08 bits per heavy atom. The number of hydrogen-bond donors (Lipinski definition) is 0. The van der Waals surface area contributed by atoms with Crippen LogP contribution in [0.15, 0.2) is 58.9 Å². The van der Waals surface area contributed by atoms with Crippen molar-refractivity contribution < 1.29 is 14.0 Å². The van der Waals surface area contributed by atoms with Crippen molar-refractivity contribution in [1.82, 2.24) is 5.01 Å². The van der Waals surface area contributed by atoms with Crippen LogP contribution < -0.4 is 4.90 Å². The van der Waals surface area contributed by atoms with Gasteiger partial charge in [0.1, 0.15) is 5.82 Å². The van der Waals surface area contributed by atoms with E-state index in [1.165, 1.54) is 17.1 Å². The number of benzene rings is 2. The summed E-state index contributed by atoms with van der Waals surface area (Å²) in [6.07, 6.45) is 0. The van der Waals surface area contributed by atoms with Crippen LogP contribution >= 0.6 is 0 Å². The molecular formula is C18H15FN4O2. The van der Waals surface area contributed by atoms with E-state index in [-0.39, 0.29) is 24.2 Å². The molecule has 2 amide bonds. The summed E-state index contributed by atoms with van der Waals surface area (Å²) in [5.41, 5.74) is 2.22. The first-order valence-electron chi connectivity index (χ1n) is 7.91. The average molecular weight is 338 g/mol. The molecule has 7 heteroatoms. The molecule has 1 saturated heterocycles. The van der Waals surface area contributed by atoms with Crippen molar-refractivity contribution in [2.24, 2.45) is 10.3 Å². The fourth-order valence-corrected chi connectivity index (χ4v) is 3.12. The van der Waals surface area contributed by atoms with Gasteiger partial charge < -0.3 is 0 Å². The van der Waals surface area contributed by atoms with Crippen LogP contribution in [-0.4, -0.2) is 28.9 Å². The van der Waals surface area contributed by atoms with Crippen molar-refractivity contribution in [2.45, 2.75) is 25.6 Å². The molecule has 2 aliphatic heterocycles. The number of halogens is 1. The molecule has 0 N–H and O–H groups in total. The summed E-state index contributed by atoms with van der Waals surface area (Å²) in [7, 11) is 0. The third-order valence-electron chi connectivity index (χ3n) is 4.38. The first kappa shape index (κ1) is 15.4. The predicted molar refractivity (Wildman–Crippen MR) is 88.0 cm³/mol. The van der Waals surface area contributed by atoms with Gasteiger partial charge in [-0.15, -0.1) is 0 Å². The molecule has 0 saturated carbocycles. The van der Waals surface area contributed by atoms with E-state index in [9.17, 15) is 14.0 Å². The summed E-state index contributed by atoms with van der Waals surface area (Å²) >= 11 is 0. The Morgan fingerprint density at radius 2 is 1.84 bits per heavy atom. The van der Waals surface area contributed by atoms with E-state index >= 15 is 0 Å². The van der Waals surface area contributed by atoms with E-state index in [2.05, 4.69) is 10.3 Å². The third kappa shape index (κ3) is 2.57. The summed E-state index contributed by atoms with van der Waals surface area (Å²) in [4.78, 5) is 26.6. The first-order chi connectivity index (χ1) is 12.0. The molecule has 4 rings (SSSR count). The minimum Gasteiger partial charge on any atom is -0.271 e. The van der Waals surface area contributed by atoms with Gasteiger partial charge in [-0.2, -0.15) is 5.11 Å². The van der Waals surface area contributed by atoms with Gasteiger partial charge >= 0.3 is 0 Å². The zero-order valence-electron chi connectivity index (χ0n) is 13.5. The van der Waals surface area contributed by atoms with Crippen LogP contribution in [0.25, 0.3) is 0 Å². The van der Waals surface area contributed by atoms with Gasteiger partial charge in [0, 0.05) is 0 Å². The van der Waals surface area contributed by atoms with Crippen molar-refractivity contribution in [3.8, 4) is 0 Å². The highest BCUT2D eigenvalue weighted by atomic mass is 19.1. The Kier molecular flexibility index (Phi) is 3.56. The van der Waals surface area contributed by atoms with Crippen molar-refractivity contribution in [1.29, 1.82) is 0 Å². The minimum atomic E-state index is -0.845.